The Bertz CT molecular complexity index is 1300. The van der Waals surface area contributed by atoms with E-state index in [2.05, 4.69) is 38.0 Å². The van der Waals surface area contributed by atoms with Crippen LogP contribution in [0.3, 0.4) is 0 Å². The molecule has 1 fully saturated rings. The van der Waals surface area contributed by atoms with Crippen LogP contribution >= 0.6 is 27.7 Å². The van der Waals surface area contributed by atoms with Crippen molar-refractivity contribution in [3.05, 3.63) is 59.1 Å². The summed E-state index contributed by atoms with van der Waals surface area (Å²) >= 11 is 4.44. The van der Waals surface area contributed by atoms with Crippen LogP contribution in [0.2, 0.25) is 0 Å². The molecular formula is C24H23BrF3N5O3S. The number of carbonyl (C=O) groups is 1. The lowest BCUT2D eigenvalue weighted by Gasteiger charge is -2.31. The number of nitrogens with one attached hydrogen (secondary N) is 1. The van der Waals surface area contributed by atoms with Gasteiger partial charge in [-0.25, -0.2) is 0 Å². The van der Waals surface area contributed by atoms with Gasteiger partial charge in [0, 0.05) is 24.1 Å². The van der Waals surface area contributed by atoms with E-state index in [1.54, 1.807) is 22.8 Å². The largest absolute Gasteiger partial charge is 0.507 e. The molecule has 37 heavy (non-hydrogen) atoms. The molecule has 0 saturated carbocycles. The van der Waals surface area contributed by atoms with Crippen molar-refractivity contribution in [1.29, 1.82) is 0 Å². The lowest BCUT2D eigenvalue weighted by Crippen LogP contribution is -2.37. The van der Waals surface area contributed by atoms with Crippen LogP contribution < -0.4 is 10.2 Å². The Balaban J connectivity index is 1.54. The molecule has 0 aliphatic carbocycles. The first-order valence-electron chi connectivity index (χ1n) is 11.2. The Morgan fingerprint density at radius 2 is 1.97 bits per heavy atom. The molecule has 8 nitrogen and oxygen atoms in total. The van der Waals surface area contributed by atoms with Gasteiger partial charge in [0.25, 0.3) is 0 Å². The Morgan fingerprint density at radius 1 is 1.22 bits per heavy atom. The number of carbonyl (C=O) groups excluding carboxylic acids is 1. The Labute approximate surface area is 223 Å². The quantitative estimate of drug-likeness (QED) is 0.273. The van der Waals surface area contributed by atoms with Crippen molar-refractivity contribution in [3.8, 4) is 17.1 Å². The van der Waals surface area contributed by atoms with Gasteiger partial charge in [-0.1, -0.05) is 33.8 Å². The molecule has 2 N–H and O–H groups in total. The lowest BCUT2D eigenvalue weighted by atomic mass is 10.1. The second-order valence-corrected chi connectivity index (χ2v) is 9.89. The zero-order valence-electron chi connectivity index (χ0n) is 19.5. The fraction of sp³-hybridized carbons (Fsp3) is 0.292. The Kier molecular flexibility index (Phi) is 8.45. The standard InChI is InChI=1S/C24H23BrF3N5O3S/c1-2-7-33-22(17-13-16(25)4-6-20(17)34)30-31-23(33)37-14-21(35)29-18-12-15(24(26,27)28)3-5-19(18)32-8-10-36-11-9-32/h2-6,12-13,34H,1,7-11,14H2,(H,29,35). The normalized spacial score (nSPS) is 14.0. The van der Waals surface area contributed by atoms with Gasteiger partial charge >= 0.3 is 6.18 Å². The number of rotatable bonds is 8. The van der Waals surface area contributed by atoms with E-state index in [9.17, 15) is 23.1 Å². The number of allylic oxidation sites excluding steroid dienone is 1. The number of alkyl halides is 3. The molecule has 1 saturated heterocycles. The summed E-state index contributed by atoms with van der Waals surface area (Å²) in [6.45, 7) is 5.94. The van der Waals surface area contributed by atoms with Crippen LogP contribution in [-0.4, -0.2) is 57.8 Å². The average molecular weight is 598 g/mol. The van der Waals surface area contributed by atoms with Crippen LogP contribution in [-0.2, 0) is 22.3 Å². The van der Waals surface area contributed by atoms with E-state index in [1.165, 1.54) is 12.1 Å². The number of benzene rings is 2. The van der Waals surface area contributed by atoms with Gasteiger partial charge in [-0.05, 0) is 36.4 Å². The fourth-order valence-electron chi connectivity index (χ4n) is 3.78. The van der Waals surface area contributed by atoms with E-state index in [1.807, 2.05) is 4.90 Å². The van der Waals surface area contributed by atoms with E-state index in [4.69, 9.17) is 4.74 Å². The molecule has 0 atom stereocenters. The highest BCUT2D eigenvalue weighted by atomic mass is 79.9. The topological polar surface area (TPSA) is 92.5 Å². The monoisotopic (exact) mass is 597 g/mol. The molecule has 1 aliphatic rings. The molecule has 0 unspecified atom stereocenters. The first-order chi connectivity index (χ1) is 17.7. The zero-order valence-corrected chi connectivity index (χ0v) is 21.9. The maximum atomic E-state index is 13.4. The van der Waals surface area contributed by atoms with Crippen LogP contribution in [0.5, 0.6) is 5.75 Å². The number of morpholine rings is 1. The molecule has 0 radical (unpaired) electrons. The first-order valence-corrected chi connectivity index (χ1v) is 12.9. The van der Waals surface area contributed by atoms with Gasteiger partial charge in [0.2, 0.25) is 5.91 Å². The van der Waals surface area contributed by atoms with Gasteiger partial charge in [-0.3, -0.25) is 9.36 Å². The number of halogens is 4. The van der Waals surface area contributed by atoms with E-state index in [-0.39, 0.29) is 17.2 Å². The highest BCUT2D eigenvalue weighted by molar-refractivity contribution is 9.10. The number of hydrogen-bond donors (Lipinski definition) is 2. The molecule has 3 aromatic rings. The number of ether oxygens (including phenoxy) is 1. The first kappa shape index (κ1) is 27.0. The van der Waals surface area contributed by atoms with Crippen LogP contribution in [0.4, 0.5) is 24.5 Å². The minimum atomic E-state index is -4.55. The zero-order chi connectivity index (χ0) is 26.6. The summed E-state index contributed by atoms with van der Waals surface area (Å²) in [7, 11) is 0. The summed E-state index contributed by atoms with van der Waals surface area (Å²) in [5.74, 6) is -0.234. The molecule has 4 rings (SSSR count). The average Bonchev–Trinajstić information content (AvgIpc) is 3.26. The number of phenols is 1. The summed E-state index contributed by atoms with van der Waals surface area (Å²) < 4.78 is 47.9. The van der Waals surface area contributed by atoms with E-state index < -0.39 is 17.6 Å². The van der Waals surface area contributed by atoms with E-state index in [0.717, 1.165) is 28.4 Å². The molecule has 0 bridgehead atoms. The van der Waals surface area contributed by atoms with Crippen molar-refractivity contribution in [3.63, 3.8) is 0 Å². The summed E-state index contributed by atoms with van der Waals surface area (Å²) in [5.41, 5.74) is 0.169. The third-order valence-corrected chi connectivity index (χ3v) is 6.97. The van der Waals surface area contributed by atoms with Gasteiger partial charge in [0.1, 0.15) is 5.75 Å². The van der Waals surface area contributed by atoms with Crippen molar-refractivity contribution >= 4 is 45.0 Å². The smallest absolute Gasteiger partial charge is 0.416 e. The number of hydrogen-bond acceptors (Lipinski definition) is 7. The van der Waals surface area contributed by atoms with Crippen LogP contribution in [0.25, 0.3) is 11.4 Å². The van der Waals surface area contributed by atoms with Crippen molar-refractivity contribution in [2.45, 2.75) is 17.9 Å². The van der Waals surface area contributed by atoms with Gasteiger partial charge in [0.05, 0.1) is 41.5 Å². The van der Waals surface area contributed by atoms with Crippen molar-refractivity contribution < 1.29 is 27.8 Å². The van der Waals surface area contributed by atoms with Crippen LogP contribution in [0, 0.1) is 0 Å². The molecule has 2 heterocycles. The molecule has 196 valence electrons. The Morgan fingerprint density at radius 3 is 2.68 bits per heavy atom. The molecule has 1 aromatic heterocycles. The number of nitrogens with zero attached hydrogens (tertiary/aromatic N) is 4. The molecule has 1 aliphatic heterocycles. The summed E-state index contributed by atoms with van der Waals surface area (Å²) in [4.78, 5) is 14.7. The summed E-state index contributed by atoms with van der Waals surface area (Å²) in [6.07, 6.45) is -2.92. The molecule has 0 spiro atoms. The maximum Gasteiger partial charge on any atom is 0.416 e. The van der Waals surface area contributed by atoms with Gasteiger partial charge in [-0.15, -0.1) is 16.8 Å². The molecule has 1 amide bonds. The third kappa shape index (κ3) is 6.46. The minimum Gasteiger partial charge on any atom is -0.507 e. The highest BCUT2D eigenvalue weighted by Crippen LogP contribution is 2.36. The number of thioether (sulfide) groups is 1. The number of aromatic nitrogens is 3. The number of aromatic hydroxyl groups is 1. The summed E-state index contributed by atoms with van der Waals surface area (Å²) in [5, 5.41) is 21.6. The highest BCUT2D eigenvalue weighted by Gasteiger charge is 2.32. The Hall–Kier alpha value is -3.03. The van der Waals surface area contributed by atoms with E-state index >= 15 is 0 Å². The second kappa shape index (κ2) is 11.6. The predicted octanol–water partition coefficient (Wildman–Crippen LogP) is 5.19. The van der Waals surface area contributed by atoms with Crippen LogP contribution in [0.1, 0.15) is 5.56 Å². The number of amides is 1. The van der Waals surface area contributed by atoms with E-state index in [0.29, 0.717) is 55.1 Å². The minimum absolute atomic E-state index is 0.00962. The third-order valence-electron chi connectivity index (χ3n) is 5.51. The molecular weight excluding hydrogens is 575 g/mol. The van der Waals surface area contributed by atoms with Gasteiger partial charge < -0.3 is 20.1 Å². The van der Waals surface area contributed by atoms with Gasteiger partial charge in [-0.2, -0.15) is 13.2 Å². The lowest BCUT2D eigenvalue weighted by molar-refractivity contribution is -0.137. The molecule has 13 heteroatoms. The predicted molar refractivity (Wildman–Crippen MR) is 139 cm³/mol. The SMILES string of the molecule is C=CCn1c(SCC(=O)Nc2cc(C(F)(F)F)ccc2N2CCOCC2)nnc1-c1cc(Br)ccc1O. The molecule has 2 aromatic carbocycles. The second-order valence-electron chi connectivity index (χ2n) is 8.03. The van der Waals surface area contributed by atoms with Crippen molar-refractivity contribution in [2.75, 3.05) is 42.3 Å². The van der Waals surface area contributed by atoms with Crippen molar-refractivity contribution in [1.82, 2.24) is 14.8 Å². The number of anilines is 2. The summed E-state index contributed by atoms with van der Waals surface area (Å²) in [6, 6.07) is 8.22. The fourth-order valence-corrected chi connectivity index (χ4v) is 4.89. The van der Waals surface area contributed by atoms with Crippen LogP contribution in [0.15, 0.2) is 58.7 Å². The van der Waals surface area contributed by atoms with Crippen molar-refractivity contribution in [2.24, 2.45) is 0 Å². The van der Waals surface area contributed by atoms with Gasteiger partial charge in [0.15, 0.2) is 11.0 Å². The maximum absolute atomic E-state index is 13.4. The number of phenolic OH excluding ortho intramolecular Hbond substituents is 1.